The number of benzene rings is 1. The smallest absolute Gasteiger partial charge is 0.334 e. The molecular formula is C19H28O3. The molecular weight excluding hydrogens is 276 g/mol. The Morgan fingerprint density at radius 3 is 2.23 bits per heavy atom. The van der Waals surface area contributed by atoms with Crippen LogP contribution in [0.3, 0.4) is 0 Å². The van der Waals surface area contributed by atoms with Crippen molar-refractivity contribution in [1.29, 1.82) is 0 Å². The van der Waals surface area contributed by atoms with Crippen LogP contribution >= 0.6 is 0 Å². The van der Waals surface area contributed by atoms with Crippen LogP contribution in [0.5, 0.6) is 5.75 Å². The number of rotatable bonds is 11. The highest BCUT2D eigenvalue weighted by Gasteiger charge is 2.00. The summed E-state index contributed by atoms with van der Waals surface area (Å²) in [5, 5.41) is 8.74. The summed E-state index contributed by atoms with van der Waals surface area (Å²) in [6, 6.07) is 7.89. The first kappa shape index (κ1) is 18.3. The van der Waals surface area contributed by atoms with E-state index in [1.165, 1.54) is 63.7 Å². The number of carbonyl (C=O) groups is 1. The Bertz CT molecular complexity index is 460. The van der Waals surface area contributed by atoms with E-state index in [4.69, 9.17) is 9.84 Å². The second-order valence-corrected chi connectivity index (χ2v) is 5.74. The van der Waals surface area contributed by atoms with Crippen molar-refractivity contribution in [1.82, 2.24) is 0 Å². The van der Waals surface area contributed by atoms with Gasteiger partial charge in [-0.1, -0.05) is 57.6 Å². The van der Waals surface area contributed by atoms with Gasteiger partial charge in [0.25, 0.3) is 0 Å². The van der Waals surface area contributed by atoms with Gasteiger partial charge in [-0.2, -0.15) is 0 Å². The Hall–Kier alpha value is -1.77. The van der Waals surface area contributed by atoms with Gasteiger partial charge in [0.2, 0.25) is 0 Å². The number of ether oxygens (including phenoxy) is 1. The van der Waals surface area contributed by atoms with Crippen LogP contribution in [-0.4, -0.2) is 11.1 Å². The highest BCUT2D eigenvalue weighted by molar-refractivity contribution is 5.85. The Labute approximate surface area is 134 Å². The second kappa shape index (κ2) is 10.9. The molecule has 0 radical (unpaired) electrons. The topological polar surface area (TPSA) is 46.5 Å². The molecule has 0 aliphatic carbocycles. The van der Waals surface area contributed by atoms with Gasteiger partial charge in [-0.15, -0.1) is 0 Å². The van der Waals surface area contributed by atoms with E-state index < -0.39 is 5.97 Å². The highest BCUT2D eigenvalue weighted by Crippen LogP contribution is 2.16. The fraction of sp³-hybridized carbons (Fsp3) is 0.526. The maximum Gasteiger partial charge on any atom is 0.334 e. The highest BCUT2D eigenvalue weighted by atomic mass is 16.5. The lowest BCUT2D eigenvalue weighted by Crippen LogP contribution is -1.98. The number of carboxylic acids is 1. The van der Waals surface area contributed by atoms with Gasteiger partial charge in [0, 0.05) is 0 Å². The van der Waals surface area contributed by atoms with Gasteiger partial charge in [-0.3, -0.25) is 0 Å². The number of aryl methyl sites for hydroxylation is 1. The molecule has 0 atom stereocenters. The zero-order valence-electron chi connectivity index (χ0n) is 13.8. The van der Waals surface area contributed by atoms with E-state index >= 15 is 0 Å². The molecule has 0 aromatic heterocycles. The third-order valence-corrected chi connectivity index (χ3v) is 3.70. The second-order valence-electron chi connectivity index (χ2n) is 5.74. The molecule has 1 aromatic carbocycles. The third kappa shape index (κ3) is 7.87. The lowest BCUT2D eigenvalue weighted by molar-refractivity contribution is -0.132. The molecule has 1 N–H and O–H groups in total. The van der Waals surface area contributed by atoms with Crippen molar-refractivity contribution in [2.45, 2.75) is 65.2 Å². The number of unbranched alkanes of at least 4 members (excludes halogenated alkanes) is 6. The number of carboxylic acid groups (broad SMARTS) is 1. The number of hydrogen-bond donors (Lipinski definition) is 1. The summed E-state index contributed by atoms with van der Waals surface area (Å²) in [6.07, 6.45) is 11.6. The first-order valence-electron chi connectivity index (χ1n) is 8.29. The molecule has 0 spiro atoms. The Kier molecular flexibility index (Phi) is 9.04. The number of hydrogen-bond acceptors (Lipinski definition) is 2. The van der Waals surface area contributed by atoms with Gasteiger partial charge in [0.1, 0.15) is 12.0 Å². The van der Waals surface area contributed by atoms with Crippen molar-refractivity contribution in [3.05, 3.63) is 41.7 Å². The summed E-state index contributed by atoms with van der Waals surface area (Å²) in [4.78, 5) is 10.7. The lowest BCUT2D eigenvalue weighted by atomic mass is 10.0. The summed E-state index contributed by atoms with van der Waals surface area (Å²) in [5.74, 6) is -0.292. The maximum absolute atomic E-state index is 10.7. The van der Waals surface area contributed by atoms with Crippen LogP contribution in [0.25, 0.3) is 0 Å². The van der Waals surface area contributed by atoms with Crippen molar-refractivity contribution >= 4 is 5.97 Å². The normalized spacial score (nSPS) is 11.5. The largest absolute Gasteiger partial charge is 0.478 e. The summed E-state index contributed by atoms with van der Waals surface area (Å²) in [6.45, 7) is 3.75. The maximum atomic E-state index is 10.7. The molecule has 0 aliphatic heterocycles. The van der Waals surface area contributed by atoms with E-state index in [0.29, 0.717) is 5.75 Å². The summed E-state index contributed by atoms with van der Waals surface area (Å²) in [5.41, 5.74) is 1.49. The first-order valence-corrected chi connectivity index (χ1v) is 8.29. The van der Waals surface area contributed by atoms with E-state index in [2.05, 4.69) is 19.1 Å². The number of aliphatic carboxylic acids is 1. The molecule has 0 aliphatic rings. The molecule has 0 unspecified atom stereocenters. The zero-order valence-corrected chi connectivity index (χ0v) is 13.8. The van der Waals surface area contributed by atoms with E-state index in [1.54, 1.807) is 0 Å². The monoisotopic (exact) mass is 304 g/mol. The van der Waals surface area contributed by atoms with Gasteiger partial charge in [0.05, 0.1) is 5.57 Å². The van der Waals surface area contributed by atoms with Crippen molar-refractivity contribution in [2.75, 3.05) is 0 Å². The summed E-state index contributed by atoms with van der Waals surface area (Å²) < 4.78 is 5.32. The van der Waals surface area contributed by atoms with E-state index in [9.17, 15) is 4.79 Å². The van der Waals surface area contributed by atoms with Crippen molar-refractivity contribution in [2.24, 2.45) is 0 Å². The summed E-state index contributed by atoms with van der Waals surface area (Å²) >= 11 is 0. The molecule has 22 heavy (non-hydrogen) atoms. The zero-order chi connectivity index (χ0) is 16.2. The van der Waals surface area contributed by atoms with E-state index in [1.807, 2.05) is 12.1 Å². The molecule has 1 rings (SSSR count). The van der Waals surface area contributed by atoms with Crippen molar-refractivity contribution < 1.29 is 14.6 Å². The molecule has 0 bridgehead atoms. The average Bonchev–Trinajstić information content (AvgIpc) is 2.52. The molecule has 0 heterocycles. The molecule has 122 valence electrons. The van der Waals surface area contributed by atoms with Gasteiger partial charge in [-0.05, 0) is 37.5 Å². The molecule has 0 fully saturated rings. The van der Waals surface area contributed by atoms with Crippen LogP contribution < -0.4 is 4.74 Å². The molecule has 3 heteroatoms. The van der Waals surface area contributed by atoms with Gasteiger partial charge >= 0.3 is 5.97 Å². The predicted octanol–water partition coefficient (Wildman–Crippen LogP) is 5.35. The van der Waals surface area contributed by atoms with Crippen LogP contribution in [0.1, 0.15) is 64.4 Å². The van der Waals surface area contributed by atoms with Crippen LogP contribution in [0.2, 0.25) is 0 Å². The molecule has 3 nitrogen and oxygen atoms in total. The van der Waals surface area contributed by atoms with Gasteiger partial charge < -0.3 is 9.84 Å². The Morgan fingerprint density at radius 2 is 1.64 bits per heavy atom. The van der Waals surface area contributed by atoms with Crippen LogP contribution in [0, 0.1) is 0 Å². The van der Waals surface area contributed by atoms with Gasteiger partial charge in [-0.25, -0.2) is 4.79 Å². The fourth-order valence-corrected chi connectivity index (χ4v) is 2.23. The minimum atomic E-state index is -0.962. The SMILES string of the molecule is CCCCCCCCCc1ccc(OC=C(C)C(=O)O)cc1. The van der Waals surface area contributed by atoms with Crippen LogP contribution in [0.15, 0.2) is 36.1 Å². The minimum Gasteiger partial charge on any atom is -0.478 e. The molecule has 0 saturated heterocycles. The minimum absolute atomic E-state index is 0.187. The molecule has 0 amide bonds. The third-order valence-electron chi connectivity index (χ3n) is 3.70. The summed E-state index contributed by atoms with van der Waals surface area (Å²) in [7, 11) is 0. The Morgan fingerprint density at radius 1 is 1.05 bits per heavy atom. The van der Waals surface area contributed by atoms with Gasteiger partial charge in [0.15, 0.2) is 0 Å². The van der Waals surface area contributed by atoms with E-state index in [0.717, 1.165) is 6.42 Å². The first-order chi connectivity index (χ1) is 10.6. The van der Waals surface area contributed by atoms with Crippen molar-refractivity contribution in [3.63, 3.8) is 0 Å². The lowest BCUT2D eigenvalue weighted by Gasteiger charge is -2.05. The fourth-order valence-electron chi connectivity index (χ4n) is 2.23. The Balaban J connectivity index is 2.24. The van der Waals surface area contributed by atoms with Crippen LogP contribution in [0.4, 0.5) is 0 Å². The molecule has 1 aromatic rings. The van der Waals surface area contributed by atoms with Crippen LogP contribution in [-0.2, 0) is 11.2 Å². The predicted molar refractivity (Wildman–Crippen MR) is 90.2 cm³/mol. The van der Waals surface area contributed by atoms with E-state index in [-0.39, 0.29) is 5.57 Å². The average molecular weight is 304 g/mol. The molecule has 0 saturated carbocycles. The quantitative estimate of drug-likeness (QED) is 0.340. The van der Waals surface area contributed by atoms with Crippen molar-refractivity contribution in [3.8, 4) is 5.75 Å². The standard InChI is InChI=1S/C19H28O3/c1-3-4-5-6-7-8-9-10-17-11-13-18(14-12-17)22-15-16(2)19(20)21/h11-15H,3-10H2,1-2H3,(H,20,21).